The summed E-state index contributed by atoms with van der Waals surface area (Å²) in [7, 11) is -1.88. The van der Waals surface area contributed by atoms with E-state index in [-0.39, 0.29) is 0 Å². The Bertz CT molecular complexity index is 127. The Morgan fingerprint density at radius 3 is 1.00 bits per heavy atom. The van der Waals surface area contributed by atoms with Gasteiger partial charge in [-0.05, 0) is 0 Å². The first-order chi connectivity index (χ1) is 4.15. The summed E-state index contributed by atoms with van der Waals surface area (Å²) in [6.07, 6.45) is 0. The quantitative estimate of drug-likeness (QED) is 0.657. The normalized spacial score (nSPS) is 13.4. The number of nitrogens with zero attached hydrogens (tertiary/aromatic N) is 1. The van der Waals surface area contributed by atoms with Crippen molar-refractivity contribution in [2.24, 2.45) is 0 Å². The monoisotopic (exact) mass is 368 g/mol. The van der Waals surface area contributed by atoms with Crippen molar-refractivity contribution in [3.05, 3.63) is 0 Å². The van der Waals surface area contributed by atoms with Crippen LogP contribution in [0.5, 0.6) is 0 Å². The summed E-state index contributed by atoms with van der Waals surface area (Å²) in [4.78, 5) is 0. The fraction of sp³-hybridized carbons (Fsp3) is 1.00. The molecule has 0 aromatic carbocycles. The molecule has 10 heavy (non-hydrogen) atoms. The second-order valence-electron chi connectivity index (χ2n) is 4.68. The topological polar surface area (TPSA) is 3.01 Å². The van der Waals surface area contributed by atoms with Gasteiger partial charge in [-0.25, -0.2) is 0 Å². The molecule has 2 radical (unpaired) electrons. The van der Waals surface area contributed by atoms with Gasteiger partial charge < -0.3 is 0 Å². The Labute approximate surface area is 82.6 Å². The van der Waals surface area contributed by atoms with Crippen LogP contribution in [0.2, 0.25) is 39.3 Å². The molecule has 0 N–H and O–H groups in total. The molecule has 0 fully saturated rings. The third kappa shape index (κ3) is 3.52. The van der Waals surface area contributed by atoms with E-state index in [9.17, 15) is 0 Å². The zero-order chi connectivity index (χ0) is 8.58. The number of rotatable bonds is 2. The maximum atomic E-state index is 2.79. The minimum absolute atomic E-state index is 0.939. The van der Waals surface area contributed by atoms with Crippen LogP contribution in [0.15, 0.2) is 0 Å². The van der Waals surface area contributed by atoms with E-state index >= 15 is 0 Å². The van der Waals surface area contributed by atoms with Crippen molar-refractivity contribution in [1.82, 2.24) is 0 Å². The van der Waals surface area contributed by atoms with E-state index in [2.05, 4.69) is 40.9 Å². The summed E-state index contributed by atoms with van der Waals surface area (Å²) >= 11 is 1.26. The van der Waals surface area contributed by atoms with Crippen molar-refractivity contribution in [2.45, 2.75) is 39.3 Å². The molecule has 0 aromatic heterocycles. The molecule has 0 aromatic rings. The molecule has 1 nitrogen and oxygen atoms in total. The number of hydrogen-bond acceptors (Lipinski definition) is 0. The summed E-state index contributed by atoms with van der Waals surface area (Å²) in [6.45, 7) is 14.7. The maximum absolute atomic E-state index is 2.79. The predicted molar refractivity (Wildman–Crippen MR) is 52.7 cm³/mol. The number of hydrogen-bond donors (Lipinski definition) is 0. The van der Waals surface area contributed by atoms with Crippen molar-refractivity contribution in [1.29, 1.82) is 0 Å². The van der Waals surface area contributed by atoms with Crippen molar-refractivity contribution in [2.75, 3.05) is 0 Å². The summed E-state index contributed by atoms with van der Waals surface area (Å²) in [5.74, 6) is 0. The van der Waals surface area contributed by atoms with Crippen LogP contribution in [0.1, 0.15) is 0 Å². The summed E-state index contributed by atoms with van der Waals surface area (Å²) in [6, 6.07) is 0. The molecule has 0 saturated carbocycles. The summed E-state index contributed by atoms with van der Waals surface area (Å²) in [5.41, 5.74) is 0. The van der Waals surface area contributed by atoms with Gasteiger partial charge in [0.25, 0.3) is 0 Å². The fourth-order valence-electron chi connectivity index (χ4n) is 1.01. The van der Waals surface area contributed by atoms with Gasteiger partial charge in [-0.1, -0.05) is 0 Å². The van der Waals surface area contributed by atoms with E-state index in [0.29, 0.717) is 0 Å². The molecule has 0 heterocycles. The average molecular weight is 368 g/mol. The Hall–Kier alpha value is 1.16. The van der Waals surface area contributed by atoms with Crippen LogP contribution in [0.25, 0.3) is 0 Å². The van der Waals surface area contributed by atoms with E-state index in [1.165, 1.54) is 25.6 Å². The van der Waals surface area contributed by atoms with Crippen LogP contribution in [0.4, 0.5) is 0 Å². The van der Waals surface area contributed by atoms with Crippen molar-refractivity contribution >= 4 is 42.1 Å². The molecular weight excluding hydrogens is 349 g/mol. The first kappa shape index (κ1) is 11.2. The van der Waals surface area contributed by atoms with Crippen LogP contribution < -0.4 is 0 Å². The summed E-state index contributed by atoms with van der Waals surface area (Å²) in [5, 5.41) is 0. The Morgan fingerprint density at radius 1 is 0.800 bits per heavy atom. The molecule has 0 aliphatic rings. The molecule has 0 amide bonds. The first-order valence-electron chi connectivity index (χ1n) is 3.67. The molecule has 0 aliphatic heterocycles. The van der Waals surface area contributed by atoms with Gasteiger partial charge in [0.2, 0.25) is 0 Å². The third-order valence-electron chi connectivity index (χ3n) is 1.34. The zero-order valence-electron chi connectivity index (χ0n) is 7.95. The first-order valence-corrected chi connectivity index (χ1v) is 12.3. The second kappa shape index (κ2) is 3.26. The SMILES string of the molecule is C[Si](C)(C)[N+](=[Pb])[Si](C)(C)C. The van der Waals surface area contributed by atoms with Gasteiger partial charge in [0.05, 0.1) is 0 Å². The van der Waals surface area contributed by atoms with Gasteiger partial charge in [0.15, 0.2) is 0 Å². The van der Waals surface area contributed by atoms with E-state index < -0.39 is 16.5 Å². The van der Waals surface area contributed by atoms with Gasteiger partial charge in [-0.2, -0.15) is 0 Å². The van der Waals surface area contributed by atoms with E-state index in [0.717, 1.165) is 0 Å². The minimum atomic E-state index is -0.939. The zero-order valence-corrected chi connectivity index (χ0v) is 13.8. The van der Waals surface area contributed by atoms with Crippen molar-refractivity contribution in [3.8, 4) is 0 Å². The van der Waals surface area contributed by atoms with Crippen molar-refractivity contribution in [3.63, 3.8) is 0 Å². The molecule has 0 bridgehead atoms. The van der Waals surface area contributed by atoms with Gasteiger partial charge in [0.1, 0.15) is 0 Å². The third-order valence-corrected chi connectivity index (χ3v) is 23.7. The van der Waals surface area contributed by atoms with Crippen LogP contribution in [0, 0.1) is 0 Å². The molecule has 58 valence electrons. The molecular formula is C6H18NPbSi2+. The molecule has 4 heteroatoms. The molecule has 0 saturated heterocycles. The van der Waals surface area contributed by atoms with E-state index in [4.69, 9.17) is 0 Å². The standard InChI is InChI=1S/C6H18NSi2.Pb/c1-8(2,3)7-9(4,5)6;/h1-6H3;/q-1;+2. The van der Waals surface area contributed by atoms with E-state index in [1.807, 2.05) is 0 Å². The Kier molecular flexibility index (Phi) is 3.64. The molecule has 0 unspecified atom stereocenters. The average Bonchev–Trinajstić information content (AvgIpc) is 1.59. The predicted octanol–water partition coefficient (Wildman–Crippen LogP) is 2.02. The van der Waals surface area contributed by atoms with Crippen molar-refractivity contribution < 1.29 is 1.65 Å². The van der Waals surface area contributed by atoms with Crippen LogP contribution >= 0.6 is 0 Å². The van der Waals surface area contributed by atoms with E-state index in [1.54, 1.807) is 0 Å². The van der Waals surface area contributed by atoms with Crippen LogP contribution in [-0.2, 0) is 0 Å². The van der Waals surface area contributed by atoms with Crippen LogP contribution in [0.3, 0.4) is 0 Å². The van der Waals surface area contributed by atoms with Gasteiger partial charge >= 0.3 is 83.0 Å². The van der Waals surface area contributed by atoms with Gasteiger partial charge in [-0.15, -0.1) is 0 Å². The molecule has 0 spiro atoms. The van der Waals surface area contributed by atoms with Crippen LogP contribution in [-0.4, -0.2) is 43.7 Å². The molecule has 0 aliphatic carbocycles. The molecule has 0 rings (SSSR count). The Balaban J connectivity index is 4.40. The summed E-state index contributed by atoms with van der Waals surface area (Å²) < 4.78 is 2.79. The van der Waals surface area contributed by atoms with Gasteiger partial charge in [0, 0.05) is 0 Å². The Morgan fingerprint density at radius 2 is 1.00 bits per heavy atom. The van der Waals surface area contributed by atoms with Gasteiger partial charge in [-0.3, -0.25) is 0 Å². The fourth-order valence-corrected chi connectivity index (χ4v) is 9.06. The molecule has 0 atom stereocenters. The second-order valence-corrected chi connectivity index (χ2v) is 19.9.